The first-order valence-electron chi connectivity index (χ1n) is 4.84. The normalized spacial score (nSPS) is 10.2. The fourth-order valence-electron chi connectivity index (χ4n) is 1.40. The van der Waals surface area contributed by atoms with Gasteiger partial charge in [0.25, 0.3) is 0 Å². The number of nitrogens with zero attached hydrogens (tertiary/aromatic N) is 2. The zero-order valence-corrected chi connectivity index (χ0v) is 8.55. The van der Waals surface area contributed by atoms with Crippen molar-refractivity contribution >= 4 is 5.82 Å². The van der Waals surface area contributed by atoms with E-state index >= 15 is 0 Å². The number of benzene rings is 1. The van der Waals surface area contributed by atoms with Crippen molar-refractivity contribution in [3.63, 3.8) is 0 Å². The third-order valence-corrected chi connectivity index (χ3v) is 2.02. The third kappa shape index (κ3) is 1.93. The fraction of sp³-hybridized carbons (Fsp3) is 0.182. The number of ether oxygens (including phenoxy) is 1. The van der Waals surface area contributed by atoms with E-state index in [1.807, 2.05) is 37.4 Å². The standard InChI is InChI=1S/C11H13N3O/c1-2-15-10-6-4-3-5-9(10)14-8-7-11(12)13-14/h3-8H,2H2,1H3,(H2,12,13). The minimum absolute atomic E-state index is 0.501. The Balaban J connectivity index is 2.42. The van der Waals surface area contributed by atoms with Crippen LogP contribution in [0.25, 0.3) is 5.69 Å². The van der Waals surface area contributed by atoms with Crippen molar-refractivity contribution in [1.82, 2.24) is 9.78 Å². The molecule has 15 heavy (non-hydrogen) atoms. The van der Waals surface area contributed by atoms with E-state index in [2.05, 4.69) is 5.10 Å². The van der Waals surface area contributed by atoms with Gasteiger partial charge in [0.1, 0.15) is 17.3 Å². The summed E-state index contributed by atoms with van der Waals surface area (Å²) in [5, 5.41) is 4.14. The predicted octanol–water partition coefficient (Wildman–Crippen LogP) is 1.85. The number of rotatable bonds is 3. The molecule has 0 radical (unpaired) electrons. The SMILES string of the molecule is CCOc1ccccc1-n1ccc(N)n1. The summed E-state index contributed by atoms with van der Waals surface area (Å²) in [5.41, 5.74) is 6.47. The molecule has 78 valence electrons. The highest BCUT2D eigenvalue weighted by Crippen LogP contribution is 2.22. The molecule has 0 atom stereocenters. The van der Waals surface area contributed by atoms with Crippen molar-refractivity contribution in [1.29, 1.82) is 0 Å². The molecule has 1 aromatic carbocycles. The average molecular weight is 203 g/mol. The molecule has 0 aliphatic carbocycles. The third-order valence-electron chi connectivity index (χ3n) is 2.02. The van der Waals surface area contributed by atoms with Gasteiger partial charge < -0.3 is 10.5 Å². The Morgan fingerprint density at radius 1 is 1.33 bits per heavy atom. The largest absolute Gasteiger partial charge is 0.492 e. The maximum Gasteiger partial charge on any atom is 0.145 e. The van der Waals surface area contributed by atoms with Gasteiger partial charge in [-0.25, -0.2) is 4.68 Å². The van der Waals surface area contributed by atoms with Gasteiger partial charge in [0.05, 0.1) is 6.61 Å². The lowest BCUT2D eigenvalue weighted by molar-refractivity contribution is 0.338. The number of hydrogen-bond donors (Lipinski definition) is 1. The van der Waals surface area contributed by atoms with E-state index in [-0.39, 0.29) is 0 Å². The second-order valence-corrected chi connectivity index (χ2v) is 3.09. The van der Waals surface area contributed by atoms with Gasteiger partial charge in [-0.2, -0.15) is 5.10 Å². The number of para-hydroxylation sites is 2. The monoisotopic (exact) mass is 203 g/mol. The van der Waals surface area contributed by atoms with Crippen molar-refractivity contribution in [2.45, 2.75) is 6.92 Å². The summed E-state index contributed by atoms with van der Waals surface area (Å²) < 4.78 is 7.21. The predicted molar refractivity (Wildman–Crippen MR) is 59.1 cm³/mol. The molecule has 0 fully saturated rings. The highest BCUT2D eigenvalue weighted by atomic mass is 16.5. The number of nitrogen functional groups attached to an aromatic ring is 1. The number of hydrogen-bond acceptors (Lipinski definition) is 3. The molecule has 0 saturated heterocycles. The summed E-state index contributed by atoms with van der Waals surface area (Å²) in [6, 6.07) is 9.48. The van der Waals surface area contributed by atoms with Gasteiger partial charge in [-0.05, 0) is 19.1 Å². The van der Waals surface area contributed by atoms with Crippen LogP contribution in [0.5, 0.6) is 5.75 Å². The van der Waals surface area contributed by atoms with Gasteiger partial charge in [0.2, 0.25) is 0 Å². The van der Waals surface area contributed by atoms with Crippen molar-refractivity contribution in [3.05, 3.63) is 36.5 Å². The lowest BCUT2D eigenvalue weighted by Gasteiger charge is -2.09. The van der Waals surface area contributed by atoms with Crippen LogP contribution in [0.3, 0.4) is 0 Å². The maximum absolute atomic E-state index is 5.57. The van der Waals surface area contributed by atoms with E-state index in [4.69, 9.17) is 10.5 Å². The summed E-state index contributed by atoms with van der Waals surface area (Å²) in [6.45, 7) is 2.59. The van der Waals surface area contributed by atoms with Gasteiger partial charge in [0.15, 0.2) is 0 Å². The fourth-order valence-corrected chi connectivity index (χ4v) is 1.40. The van der Waals surface area contributed by atoms with E-state index in [0.717, 1.165) is 11.4 Å². The maximum atomic E-state index is 5.57. The first-order valence-corrected chi connectivity index (χ1v) is 4.84. The first-order chi connectivity index (χ1) is 7.31. The molecular formula is C11H13N3O. The van der Waals surface area contributed by atoms with E-state index in [1.165, 1.54) is 0 Å². The second kappa shape index (κ2) is 4.04. The smallest absolute Gasteiger partial charge is 0.145 e. The Labute approximate surface area is 88.3 Å². The minimum Gasteiger partial charge on any atom is -0.492 e. The Morgan fingerprint density at radius 2 is 2.13 bits per heavy atom. The molecule has 0 saturated carbocycles. The first kappa shape index (κ1) is 9.58. The molecule has 4 nitrogen and oxygen atoms in total. The summed E-state index contributed by atoms with van der Waals surface area (Å²) >= 11 is 0. The summed E-state index contributed by atoms with van der Waals surface area (Å²) in [6.07, 6.45) is 1.81. The van der Waals surface area contributed by atoms with Crippen LogP contribution in [-0.4, -0.2) is 16.4 Å². The quantitative estimate of drug-likeness (QED) is 0.828. The molecule has 0 aliphatic rings. The van der Waals surface area contributed by atoms with Gasteiger partial charge in [-0.1, -0.05) is 12.1 Å². The Kier molecular flexibility index (Phi) is 2.58. The van der Waals surface area contributed by atoms with Crippen LogP contribution in [0.15, 0.2) is 36.5 Å². The molecule has 4 heteroatoms. The van der Waals surface area contributed by atoms with E-state index in [1.54, 1.807) is 10.7 Å². The molecule has 1 heterocycles. The van der Waals surface area contributed by atoms with Crippen molar-refractivity contribution in [3.8, 4) is 11.4 Å². The van der Waals surface area contributed by atoms with E-state index < -0.39 is 0 Å². The zero-order chi connectivity index (χ0) is 10.7. The van der Waals surface area contributed by atoms with Crippen molar-refractivity contribution < 1.29 is 4.74 Å². The topological polar surface area (TPSA) is 53.1 Å². The van der Waals surface area contributed by atoms with Gasteiger partial charge >= 0.3 is 0 Å². The number of anilines is 1. The van der Waals surface area contributed by atoms with Crippen LogP contribution < -0.4 is 10.5 Å². The van der Waals surface area contributed by atoms with Crippen LogP contribution in [-0.2, 0) is 0 Å². The molecule has 2 aromatic rings. The summed E-state index contributed by atoms with van der Waals surface area (Å²) in [4.78, 5) is 0. The molecule has 2 N–H and O–H groups in total. The highest BCUT2D eigenvalue weighted by molar-refractivity contribution is 5.46. The van der Waals surface area contributed by atoms with E-state index in [9.17, 15) is 0 Å². The average Bonchev–Trinajstić information content (AvgIpc) is 2.66. The van der Waals surface area contributed by atoms with Gasteiger partial charge in [-0.15, -0.1) is 0 Å². The molecule has 0 spiro atoms. The summed E-state index contributed by atoms with van der Waals surface area (Å²) in [5.74, 6) is 1.31. The van der Waals surface area contributed by atoms with Crippen LogP contribution in [0, 0.1) is 0 Å². The molecule has 0 bridgehead atoms. The lowest BCUT2D eigenvalue weighted by Crippen LogP contribution is -2.01. The highest BCUT2D eigenvalue weighted by Gasteiger charge is 2.05. The molecule has 0 aliphatic heterocycles. The molecule has 2 rings (SSSR count). The van der Waals surface area contributed by atoms with Crippen LogP contribution in [0.1, 0.15) is 6.92 Å². The Morgan fingerprint density at radius 3 is 2.80 bits per heavy atom. The Bertz CT molecular complexity index is 451. The van der Waals surface area contributed by atoms with E-state index in [0.29, 0.717) is 12.4 Å². The molecule has 0 unspecified atom stereocenters. The zero-order valence-electron chi connectivity index (χ0n) is 8.55. The molecule has 0 amide bonds. The van der Waals surface area contributed by atoms with Crippen LogP contribution in [0.2, 0.25) is 0 Å². The lowest BCUT2D eigenvalue weighted by atomic mass is 10.3. The summed E-state index contributed by atoms with van der Waals surface area (Å²) in [7, 11) is 0. The van der Waals surface area contributed by atoms with Gasteiger partial charge in [-0.3, -0.25) is 0 Å². The number of aromatic nitrogens is 2. The van der Waals surface area contributed by atoms with Crippen LogP contribution >= 0.6 is 0 Å². The van der Waals surface area contributed by atoms with Crippen LogP contribution in [0.4, 0.5) is 5.82 Å². The van der Waals surface area contributed by atoms with Gasteiger partial charge in [0, 0.05) is 12.3 Å². The van der Waals surface area contributed by atoms with Crippen molar-refractivity contribution in [2.24, 2.45) is 0 Å². The Hall–Kier alpha value is -1.97. The molecule has 1 aromatic heterocycles. The van der Waals surface area contributed by atoms with Crippen molar-refractivity contribution in [2.75, 3.05) is 12.3 Å². The molecular weight excluding hydrogens is 190 g/mol. The number of nitrogens with two attached hydrogens (primary N) is 1. The minimum atomic E-state index is 0.501. The second-order valence-electron chi connectivity index (χ2n) is 3.09.